The first kappa shape index (κ1) is 13.5. The number of halogens is 1. The Bertz CT molecular complexity index is 604. The lowest BCUT2D eigenvalue weighted by Crippen LogP contribution is -2.36. The van der Waals surface area contributed by atoms with E-state index < -0.39 is 0 Å². The molecule has 0 aromatic carbocycles. The Kier molecular flexibility index (Phi) is 3.71. The highest BCUT2D eigenvalue weighted by Crippen LogP contribution is 2.22. The van der Waals surface area contributed by atoms with Crippen molar-refractivity contribution in [2.45, 2.75) is 13.8 Å². The first-order valence-corrected chi connectivity index (χ1v) is 7.34. The van der Waals surface area contributed by atoms with Crippen LogP contribution in [-0.2, 0) is 4.74 Å². The maximum Gasteiger partial charge on any atom is 0.176 e. The summed E-state index contributed by atoms with van der Waals surface area (Å²) in [5, 5.41) is 13.0. The lowest BCUT2D eigenvalue weighted by atomic mass is 10.4. The largest absolute Gasteiger partial charge is 0.378 e. The van der Waals surface area contributed by atoms with Gasteiger partial charge >= 0.3 is 0 Å². The number of morpholine rings is 1. The van der Waals surface area contributed by atoms with Crippen LogP contribution in [0, 0.1) is 13.8 Å². The summed E-state index contributed by atoms with van der Waals surface area (Å²) in [6.45, 7) is 7.17. The van der Waals surface area contributed by atoms with E-state index in [1.807, 2.05) is 26.0 Å². The topological polar surface area (TPSA) is 56.1 Å². The zero-order valence-electron chi connectivity index (χ0n) is 11.5. The molecule has 3 rings (SSSR count). The van der Waals surface area contributed by atoms with Gasteiger partial charge in [0, 0.05) is 13.1 Å². The molecule has 0 saturated carbocycles. The molecule has 1 saturated heterocycles. The second kappa shape index (κ2) is 5.49. The Morgan fingerprint density at radius 2 is 1.75 bits per heavy atom. The van der Waals surface area contributed by atoms with E-state index in [2.05, 4.69) is 36.1 Å². The van der Waals surface area contributed by atoms with Crippen LogP contribution in [0.1, 0.15) is 11.4 Å². The van der Waals surface area contributed by atoms with Gasteiger partial charge in [0.25, 0.3) is 0 Å². The lowest BCUT2D eigenvalue weighted by molar-refractivity contribution is 0.122. The third-order valence-electron chi connectivity index (χ3n) is 3.39. The zero-order valence-corrected chi connectivity index (χ0v) is 13.1. The van der Waals surface area contributed by atoms with Crippen LogP contribution >= 0.6 is 15.9 Å². The zero-order chi connectivity index (χ0) is 14.1. The van der Waals surface area contributed by atoms with E-state index in [0.29, 0.717) is 0 Å². The number of rotatable bonds is 2. The number of aryl methyl sites for hydroxylation is 1. The predicted octanol–water partition coefficient (Wildman–Crippen LogP) is 1.88. The van der Waals surface area contributed by atoms with Crippen LogP contribution in [0.5, 0.6) is 0 Å². The summed E-state index contributed by atoms with van der Waals surface area (Å²) in [7, 11) is 0. The van der Waals surface area contributed by atoms with Gasteiger partial charge in [0.1, 0.15) is 0 Å². The van der Waals surface area contributed by atoms with Crippen molar-refractivity contribution in [1.82, 2.24) is 20.0 Å². The molecule has 0 unspecified atom stereocenters. The third-order valence-corrected chi connectivity index (χ3v) is 4.54. The molecule has 6 nitrogen and oxygen atoms in total. The number of ether oxygens (including phenoxy) is 1. The molecule has 0 bridgehead atoms. The van der Waals surface area contributed by atoms with Crippen LogP contribution in [0.15, 0.2) is 16.6 Å². The molecule has 1 fully saturated rings. The molecule has 2 aromatic heterocycles. The Balaban J connectivity index is 1.87. The number of hydrogen-bond acceptors (Lipinski definition) is 5. The van der Waals surface area contributed by atoms with Gasteiger partial charge in [-0.05, 0) is 41.9 Å². The van der Waals surface area contributed by atoms with Crippen molar-refractivity contribution in [3.63, 3.8) is 0 Å². The minimum Gasteiger partial charge on any atom is -0.378 e. The van der Waals surface area contributed by atoms with Crippen molar-refractivity contribution in [2.24, 2.45) is 0 Å². The average Bonchev–Trinajstić information content (AvgIpc) is 2.76. The van der Waals surface area contributed by atoms with E-state index in [9.17, 15) is 0 Å². The van der Waals surface area contributed by atoms with Crippen LogP contribution in [-0.4, -0.2) is 46.3 Å². The molecule has 0 spiro atoms. The van der Waals surface area contributed by atoms with Gasteiger partial charge in [0.05, 0.1) is 29.1 Å². The van der Waals surface area contributed by atoms with Gasteiger partial charge in [0.2, 0.25) is 0 Å². The molecule has 1 aliphatic rings. The normalized spacial score (nSPS) is 15.7. The first-order chi connectivity index (χ1) is 9.66. The predicted molar refractivity (Wildman–Crippen MR) is 79.4 cm³/mol. The minimum absolute atomic E-state index is 0.730. The second-order valence-electron chi connectivity index (χ2n) is 4.75. The Morgan fingerprint density at radius 3 is 2.30 bits per heavy atom. The highest BCUT2D eigenvalue weighted by atomic mass is 79.9. The van der Waals surface area contributed by atoms with Crippen LogP contribution < -0.4 is 4.90 Å². The number of hydrogen-bond donors (Lipinski definition) is 0. The van der Waals surface area contributed by atoms with Gasteiger partial charge in [-0.15, -0.1) is 10.2 Å². The monoisotopic (exact) mass is 337 g/mol. The summed E-state index contributed by atoms with van der Waals surface area (Å²) in [6, 6.07) is 3.93. The van der Waals surface area contributed by atoms with Crippen molar-refractivity contribution in [1.29, 1.82) is 0 Å². The number of nitrogens with zero attached hydrogens (tertiary/aromatic N) is 5. The number of aromatic nitrogens is 4. The van der Waals surface area contributed by atoms with E-state index in [-0.39, 0.29) is 0 Å². The standard InChI is InChI=1S/C13H16BrN5O/c1-9-13(14)10(2)19(17-9)12-4-3-11(15-16-12)18-5-7-20-8-6-18/h3-4H,5-8H2,1-2H3. The Hall–Kier alpha value is -1.47. The van der Waals surface area contributed by atoms with Gasteiger partial charge in [0.15, 0.2) is 11.6 Å². The summed E-state index contributed by atoms with van der Waals surface area (Å²) in [4.78, 5) is 2.18. The highest BCUT2D eigenvalue weighted by molar-refractivity contribution is 9.10. The Morgan fingerprint density at radius 1 is 1.10 bits per heavy atom. The van der Waals surface area contributed by atoms with Crippen molar-refractivity contribution in [3.05, 3.63) is 28.0 Å². The maximum atomic E-state index is 5.34. The summed E-state index contributed by atoms with van der Waals surface area (Å²) < 4.78 is 8.15. The summed E-state index contributed by atoms with van der Waals surface area (Å²) >= 11 is 3.52. The Labute approximate surface area is 125 Å². The molecule has 0 amide bonds. The SMILES string of the molecule is Cc1nn(-c2ccc(N3CCOCC3)nn2)c(C)c1Br. The van der Waals surface area contributed by atoms with Gasteiger partial charge in [-0.25, -0.2) is 4.68 Å². The molecule has 0 radical (unpaired) electrons. The van der Waals surface area contributed by atoms with Gasteiger partial charge in [-0.2, -0.15) is 5.10 Å². The maximum absolute atomic E-state index is 5.34. The average molecular weight is 338 g/mol. The van der Waals surface area contributed by atoms with Crippen molar-refractivity contribution in [3.8, 4) is 5.82 Å². The molecule has 0 atom stereocenters. The highest BCUT2D eigenvalue weighted by Gasteiger charge is 2.15. The van der Waals surface area contributed by atoms with E-state index in [4.69, 9.17) is 4.74 Å². The fourth-order valence-electron chi connectivity index (χ4n) is 2.24. The van der Waals surface area contributed by atoms with E-state index in [0.717, 1.165) is 53.8 Å². The molecule has 0 N–H and O–H groups in total. The molecule has 106 valence electrons. The molecular formula is C13H16BrN5O. The molecule has 1 aliphatic heterocycles. The van der Waals surface area contributed by atoms with E-state index in [1.54, 1.807) is 4.68 Å². The van der Waals surface area contributed by atoms with Crippen molar-refractivity contribution in [2.75, 3.05) is 31.2 Å². The van der Waals surface area contributed by atoms with Crippen LogP contribution in [0.3, 0.4) is 0 Å². The smallest absolute Gasteiger partial charge is 0.176 e. The summed E-state index contributed by atoms with van der Waals surface area (Å²) in [5.74, 6) is 1.62. The molecule has 2 aromatic rings. The molecule has 20 heavy (non-hydrogen) atoms. The van der Waals surface area contributed by atoms with Crippen molar-refractivity contribution >= 4 is 21.7 Å². The minimum atomic E-state index is 0.730. The molecule has 0 aliphatic carbocycles. The summed E-state index contributed by atoms with van der Waals surface area (Å²) in [5.41, 5.74) is 1.97. The van der Waals surface area contributed by atoms with Gasteiger partial charge < -0.3 is 9.64 Å². The molecule has 7 heteroatoms. The lowest BCUT2D eigenvalue weighted by Gasteiger charge is -2.27. The van der Waals surface area contributed by atoms with E-state index in [1.165, 1.54) is 0 Å². The van der Waals surface area contributed by atoms with Gasteiger partial charge in [-0.1, -0.05) is 0 Å². The van der Waals surface area contributed by atoms with Crippen LogP contribution in [0.4, 0.5) is 5.82 Å². The number of anilines is 1. The molecule has 3 heterocycles. The first-order valence-electron chi connectivity index (χ1n) is 6.55. The fourth-order valence-corrected chi connectivity index (χ4v) is 2.49. The quantitative estimate of drug-likeness (QED) is 0.837. The second-order valence-corrected chi connectivity index (χ2v) is 5.54. The van der Waals surface area contributed by atoms with Crippen LogP contribution in [0.25, 0.3) is 5.82 Å². The fraction of sp³-hybridized carbons (Fsp3) is 0.462. The van der Waals surface area contributed by atoms with Crippen molar-refractivity contribution < 1.29 is 4.74 Å². The third kappa shape index (κ3) is 2.43. The van der Waals surface area contributed by atoms with Gasteiger partial charge in [-0.3, -0.25) is 0 Å². The van der Waals surface area contributed by atoms with Crippen LogP contribution in [0.2, 0.25) is 0 Å². The van der Waals surface area contributed by atoms with E-state index >= 15 is 0 Å². The molecular weight excluding hydrogens is 322 g/mol. The summed E-state index contributed by atoms with van der Waals surface area (Å²) in [6.07, 6.45) is 0.